The van der Waals surface area contributed by atoms with Crippen molar-refractivity contribution in [1.29, 1.82) is 0 Å². The third kappa shape index (κ3) is 4.95. The lowest BCUT2D eigenvalue weighted by atomic mass is 10.1. The number of carbonyl (C=O) groups excluding carboxylic acids is 1. The summed E-state index contributed by atoms with van der Waals surface area (Å²) in [7, 11) is 0. The quantitative estimate of drug-likeness (QED) is 0.474. The molecule has 0 fully saturated rings. The van der Waals surface area contributed by atoms with Crippen LogP contribution in [0.3, 0.4) is 0 Å². The topological polar surface area (TPSA) is 74.5 Å². The van der Waals surface area contributed by atoms with Crippen LogP contribution in [0.25, 0.3) is 11.3 Å². The zero-order valence-corrected chi connectivity index (χ0v) is 17.0. The molecule has 0 unspecified atom stereocenters. The maximum absolute atomic E-state index is 12.2. The van der Waals surface area contributed by atoms with E-state index in [2.05, 4.69) is 26.6 Å². The number of anilines is 1. The Morgan fingerprint density at radius 1 is 1.19 bits per heavy atom. The summed E-state index contributed by atoms with van der Waals surface area (Å²) in [6, 6.07) is 15.6. The molecule has 3 aromatic rings. The van der Waals surface area contributed by atoms with E-state index in [4.69, 9.17) is 33.3 Å². The van der Waals surface area contributed by atoms with Crippen LogP contribution in [0, 0.1) is 0 Å². The van der Waals surface area contributed by atoms with Crippen molar-refractivity contribution < 1.29 is 14.3 Å². The van der Waals surface area contributed by atoms with Crippen LogP contribution in [0.4, 0.5) is 5.69 Å². The number of furan rings is 1. The Hall–Kier alpha value is -2.19. The molecule has 0 aliphatic rings. The van der Waals surface area contributed by atoms with Gasteiger partial charge in [-0.3, -0.25) is 10.1 Å². The summed E-state index contributed by atoms with van der Waals surface area (Å²) in [5, 5.41) is 15.2. The minimum Gasteiger partial charge on any atom is -0.459 e. The first-order chi connectivity index (χ1) is 13.0. The molecule has 0 bridgehead atoms. The number of hydrogen-bond acceptors (Lipinski definition) is 4. The molecule has 0 atom stereocenters. The van der Waals surface area contributed by atoms with Crippen LogP contribution in [0.15, 0.2) is 63.5 Å². The van der Waals surface area contributed by atoms with E-state index in [1.807, 2.05) is 6.07 Å². The van der Waals surface area contributed by atoms with Gasteiger partial charge in [0, 0.05) is 21.3 Å². The molecule has 27 heavy (non-hydrogen) atoms. The highest BCUT2D eigenvalue weighted by atomic mass is 79.9. The number of thiocarbonyl (C=S) groups is 1. The Morgan fingerprint density at radius 2 is 2.00 bits per heavy atom. The smallest absolute Gasteiger partial charge is 0.257 e. The number of amides is 1. The van der Waals surface area contributed by atoms with Gasteiger partial charge >= 0.3 is 0 Å². The maximum atomic E-state index is 12.2. The Bertz CT molecular complexity index is 1010. The molecule has 0 saturated heterocycles. The van der Waals surface area contributed by atoms with Gasteiger partial charge in [0.25, 0.3) is 5.91 Å². The summed E-state index contributed by atoms with van der Waals surface area (Å²) in [5.41, 5.74) is 1.79. The van der Waals surface area contributed by atoms with E-state index in [1.54, 1.807) is 48.5 Å². The number of carbonyl (C=O) groups is 1. The van der Waals surface area contributed by atoms with Crippen molar-refractivity contribution in [3.8, 4) is 11.3 Å². The molecule has 1 aromatic heterocycles. The van der Waals surface area contributed by atoms with Gasteiger partial charge in [-0.25, -0.2) is 0 Å². The summed E-state index contributed by atoms with van der Waals surface area (Å²) in [6.45, 7) is -0.177. The number of hydrogen-bond donors (Lipinski definition) is 3. The first kappa shape index (κ1) is 19.6. The fraction of sp³-hybridized carbons (Fsp3) is 0.0526. The van der Waals surface area contributed by atoms with Crippen LogP contribution in [0.5, 0.6) is 0 Å². The van der Waals surface area contributed by atoms with Gasteiger partial charge in [-0.05, 0) is 60.7 Å². The van der Waals surface area contributed by atoms with Crippen LogP contribution >= 0.6 is 39.7 Å². The second-order valence-corrected chi connectivity index (χ2v) is 7.27. The zero-order valence-electron chi connectivity index (χ0n) is 13.8. The van der Waals surface area contributed by atoms with Gasteiger partial charge in [-0.2, -0.15) is 0 Å². The molecule has 0 saturated carbocycles. The lowest BCUT2D eigenvalue weighted by Crippen LogP contribution is -2.34. The molecular formula is C19H14BrClN2O3S. The third-order valence-electron chi connectivity index (χ3n) is 3.62. The minimum atomic E-state index is -0.316. The van der Waals surface area contributed by atoms with Gasteiger partial charge in [0.2, 0.25) is 0 Å². The highest BCUT2D eigenvalue weighted by Gasteiger charge is 2.11. The van der Waals surface area contributed by atoms with Gasteiger partial charge in [-0.15, -0.1) is 0 Å². The summed E-state index contributed by atoms with van der Waals surface area (Å²) in [4.78, 5) is 12.2. The van der Waals surface area contributed by atoms with Gasteiger partial charge in [0.15, 0.2) is 5.11 Å². The van der Waals surface area contributed by atoms with E-state index in [0.29, 0.717) is 33.4 Å². The Balaban J connectivity index is 1.67. The molecule has 3 N–H and O–H groups in total. The summed E-state index contributed by atoms with van der Waals surface area (Å²) < 4.78 is 6.29. The Kier molecular flexibility index (Phi) is 6.28. The normalized spacial score (nSPS) is 10.5. The van der Waals surface area contributed by atoms with E-state index in [-0.39, 0.29) is 17.6 Å². The summed E-state index contributed by atoms with van der Waals surface area (Å²) in [6.07, 6.45) is 0. The number of rotatable bonds is 4. The molecule has 8 heteroatoms. The minimum absolute atomic E-state index is 0.157. The average molecular weight is 466 g/mol. The van der Waals surface area contributed by atoms with Crippen LogP contribution < -0.4 is 10.6 Å². The van der Waals surface area contributed by atoms with Crippen molar-refractivity contribution in [2.24, 2.45) is 0 Å². The van der Waals surface area contributed by atoms with Gasteiger partial charge in [0.05, 0.1) is 5.02 Å². The third-order valence-corrected chi connectivity index (χ3v) is 4.63. The molecule has 1 heterocycles. The zero-order chi connectivity index (χ0) is 19.4. The molecular weight excluding hydrogens is 452 g/mol. The van der Waals surface area contributed by atoms with Crippen LogP contribution in [0.1, 0.15) is 16.1 Å². The SMILES string of the molecule is O=C(NC(=S)Nc1ccc(-c2ccc(CO)o2)c(Cl)c1)c1cccc(Br)c1. The number of nitrogens with one attached hydrogen (secondary N) is 2. The first-order valence-electron chi connectivity index (χ1n) is 7.83. The Morgan fingerprint density at radius 3 is 2.67 bits per heavy atom. The second kappa shape index (κ2) is 8.67. The molecule has 3 rings (SSSR count). The van der Waals surface area contributed by atoms with E-state index in [1.165, 1.54) is 0 Å². The van der Waals surface area contributed by atoms with E-state index < -0.39 is 0 Å². The summed E-state index contributed by atoms with van der Waals surface area (Å²) in [5.74, 6) is 0.699. The average Bonchev–Trinajstić information content (AvgIpc) is 3.10. The standard InChI is InChI=1S/C19H14BrClN2O3S/c20-12-3-1-2-11(8-12)18(25)23-19(27)22-13-4-6-15(16(21)9-13)17-7-5-14(10-24)26-17/h1-9,24H,10H2,(H2,22,23,25,27). The molecule has 5 nitrogen and oxygen atoms in total. The molecule has 0 radical (unpaired) electrons. The first-order valence-corrected chi connectivity index (χ1v) is 9.41. The lowest BCUT2D eigenvalue weighted by Gasteiger charge is -2.11. The van der Waals surface area contributed by atoms with Crippen molar-refractivity contribution in [2.45, 2.75) is 6.61 Å². The molecule has 2 aromatic carbocycles. The highest BCUT2D eigenvalue weighted by molar-refractivity contribution is 9.10. The lowest BCUT2D eigenvalue weighted by molar-refractivity contribution is 0.0977. The van der Waals surface area contributed by atoms with Crippen LogP contribution in [-0.4, -0.2) is 16.1 Å². The fourth-order valence-electron chi connectivity index (χ4n) is 2.37. The van der Waals surface area contributed by atoms with Crippen molar-refractivity contribution in [2.75, 3.05) is 5.32 Å². The number of benzene rings is 2. The van der Waals surface area contributed by atoms with Crippen LogP contribution in [-0.2, 0) is 6.61 Å². The summed E-state index contributed by atoms with van der Waals surface area (Å²) >= 11 is 14.8. The monoisotopic (exact) mass is 464 g/mol. The van der Waals surface area contributed by atoms with Crippen molar-refractivity contribution >= 4 is 56.5 Å². The van der Waals surface area contributed by atoms with E-state index in [0.717, 1.165) is 4.47 Å². The van der Waals surface area contributed by atoms with E-state index >= 15 is 0 Å². The largest absolute Gasteiger partial charge is 0.459 e. The Labute approximate surface area is 174 Å². The maximum Gasteiger partial charge on any atom is 0.257 e. The fourth-order valence-corrected chi connectivity index (χ4v) is 3.25. The van der Waals surface area contributed by atoms with Gasteiger partial charge in [-0.1, -0.05) is 33.6 Å². The van der Waals surface area contributed by atoms with Crippen molar-refractivity contribution in [3.63, 3.8) is 0 Å². The molecule has 0 aliphatic heterocycles. The second-order valence-electron chi connectivity index (χ2n) is 5.54. The molecule has 0 spiro atoms. The van der Waals surface area contributed by atoms with Crippen LogP contribution in [0.2, 0.25) is 5.02 Å². The predicted molar refractivity (Wildman–Crippen MR) is 113 cm³/mol. The molecule has 138 valence electrons. The molecule has 0 aliphatic carbocycles. The van der Waals surface area contributed by atoms with Gasteiger partial charge in [0.1, 0.15) is 18.1 Å². The van der Waals surface area contributed by atoms with Crippen molar-refractivity contribution in [1.82, 2.24) is 5.32 Å². The number of halogens is 2. The van der Waals surface area contributed by atoms with E-state index in [9.17, 15) is 4.79 Å². The number of aliphatic hydroxyl groups is 1. The number of aliphatic hydroxyl groups excluding tert-OH is 1. The predicted octanol–water partition coefficient (Wildman–Crippen LogP) is 4.98. The molecule has 1 amide bonds. The van der Waals surface area contributed by atoms with Gasteiger partial charge < -0.3 is 14.8 Å². The van der Waals surface area contributed by atoms with Crippen molar-refractivity contribution in [3.05, 3.63) is 75.4 Å². The highest BCUT2D eigenvalue weighted by Crippen LogP contribution is 2.31.